The van der Waals surface area contributed by atoms with E-state index in [2.05, 4.69) is 10.1 Å². The van der Waals surface area contributed by atoms with Crippen LogP contribution in [0.15, 0.2) is 18.6 Å². The van der Waals surface area contributed by atoms with Gasteiger partial charge in [-0.15, -0.1) is 0 Å². The lowest BCUT2D eigenvalue weighted by Crippen LogP contribution is -2.45. The number of pyridine rings is 1. The fraction of sp³-hybridized carbons (Fsp3) is 0.600. The molecule has 2 aromatic rings. The number of nitrogens with zero attached hydrogens (tertiary/aromatic N) is 4. The number of carboxylic acids is 1. The lowest BCUT2D eigenvalue weighted by atomic mass is 9.86. The van der Waals surface area contributed by atoms with E-state index in [9.17, 15) is 27.9 Å². The van der Waals surface area contributed by atoms with Crippen molar-refractivity contribution >= 4 is 35.1 Å². The third-order valence-electron chi connectivity index (χ3n) is 7.38. The summed E-state index contributed by atoms with van der Waals surface area (Å²) in [4.78, 5) is 30.3. The SMILES string of the molecule is CC1(CN(CCc2c(Cl)cncc2Cl)C(=O)c2cnn(C3CCC(C(=O)O)CC3)c2C(F)(F)F)CCCO1. The molecule has 1 atom stereocenters. The Balaban J connectivity index is 1.64. The molecule has 0 spiro atoms. The van der Waals surface area contributed by atoms with Crippen molar-refractivity contribution in [2.24, 2.45) is 5.92 Å². The summed E-state index contributed by atoms with van der Waals surface area (Å²) in [5, 5.41) is 13.8. The van der Waals surface area contributed by atoms with Gasteiger partial charge in [0.1, 0.15) is 0 Å². The van der Waals surface area contributed by atoms with E-state index in [1.165, 1.54) is 17.3 Å². The van der Waals surface area contributed by atoms with Crippen molar-refractivity contribution in [1.29, 1.82) is 0 Å². The highest BCUT2D eigenvalue weighted by Crippen LogP contribution is 2.39. The molecule has 8 nitrogen and oxygen atoms in total. The highest BCUT2D eigenvalue weighted by Gasteiger charge is 2.44. The molecule has 1 saturated heterocycles. The van der Waals surface area contributed by atoms with Gasteiger partial charge in [-0.25, -0.2) is 0 Å². The van der Waals surface area contributed by atoms with Gasteiger partial charge >= 0.3 is 12.1 Å². The number of aromatic nitrogens is 3. The van der Waals surface area contributed by atoms with Crippen molar-refractivity contribution in [3.8, 4) is 0 Å². The van der Waals surface area contributed by atoms with Crippen LogP contribution in [-0.4, -0.2) is 61.9 Å². The highest BCUT2D eigenvalue weighted by molar-refractivity contribution is 6.35. The van der Waals surface area contributed by atoms with Gasteiger partial charge in [0.15, 0.2) is 5.69 Å². The first-order chi connectivity index (χ1) is 17.9. The highest BCUT2D eigenvalue weighted by atomic mass is 35.5. The summed E-state index contributed by atoms with van der Waals surface area (Å²) >= 11 is 12.5. The third-order valence-corrected chi connectivity index (χ3v) is 8.03. The molecule has 0 aromatic carbocycles. The number of alkyl halides is 3. The average Bonchev–Trinajstić information content (AvgIpc) is 3.49. The Morgan fingerprint density at radius 2 is 1.84 bits per heavy atom. The van der Waals surface area contributed by atoms with Gasteiger partial charge in [0, 0.05) is 32.1 Å². The summed E-state index contributed by atoms with van der Waals surface area (Å²) in [6, 6.07) is -0.651. The minimum atomic E-state index is -4.84. The van der Waals surface area contributed by atoms with Gasteiger partial charge in [-0.05, 0) is 57.4 Å². The normalized spacial score (nSPS) is 23.9. The van der Waals surface area contributed by atoms with E-state index in [4.69, 9.17) is 27.9 Å². The first-order valence-electron chi connectivity index (χ1n) is 12.5. The van der Waals surface area contributed by atoms with Crippen molar-refractivity contribution < 1.29 is 32.6 Å². The molecule has 4 rings (SSSR count). The first kappa shape index (κ1) is 28.6. The summed E-state index contributed by atoms with van der Waals surface area (Å²) < 4.78 is 49.8. The zero-order chi connectivity index (χ0) is 27.7. The van der Waals surface area contributed by atoms with E-state index in [0.29, 0.717) is 28.6 Å². The summed E-state index contributed by atoms with van der Waals surface area (Å²) in [6.45, 7) is 2.47. The number of carboxylic acid groups (broad SMARTS) is 1. The third kappa shape index (κ3) is 6.26. The molecule has 0 bridgehead atoms. The van der Waals surface area contributed by atoms with Gasteiger partial charge in [0.2, 0.25) is 0 Å². The van der Waals surface area contributed by atoms with Crippen LogP contribution >= 0.6 is 23.2 Å². The Morgan fingerprint density at radius 1 is 1.18 bits per heavy atom. The number of aliphatic carboxylic acids is 1. The molecular weight excluding hydrogens is 548 g/mol. The van der Waals surface area contributed by atoms with Crippen LogP contribution in [0.2, 0.25) is 10.0 Å². The molecule has 38 heavy (non-hydrogen) atoms. The second-order valence-corrected chi connectivity index (χ2v) is 11.0. The lowest BCUT2D eigenvalue weighted by molar-refractivity contribution is -0.147. The Morgan fingerprint density at radius 3 is 2.39 bits per heavy atom. The zero-order valence-corrected chi connectivity index (χ0v) is 22.3. The van der Waals surface area contributed by atoms with Gasteiger partial charge in [0.25, 0.3) is 5.91 Å². The molecule has 0 radical (unpaired) electrons. The number of carbonyl (C=O) groups is 2. The van der Waals surface area contributed by atoms with Crippen LogP contribution in [0, 0.1) is 5.92 Å². The van der Waals surface area contributed by atoms with Crippen molar-refractivity contribution in [3.05, 3.63) is 45.5 Å². The van der Waals surface area contributed by atoms with Crippen LogP contribution in [0.5, 0.6) is 0 Å². The summed E-state index contributed by atoms with van der Waals surface area (Å²) in [5.74, 6) is -2.36. The van der Waals surface area contributed by atoms with Crippen LogP contribution in [0.3, 0.4) is 0 Å². The van der Waals surface area contributed by atoms with E-state index in [1.54, 1.807) is 0 Å². The molecule has 1 amide bonds. The van der Waals surface area contributed by atoms with Crippen LogP contribution in [0.25, 0.3) is 0 Å². The van der Waals surface area contributed by atoms with Gasteiger partial charge < -0.3 is 14.7 Å². The fourth-order valence-corrected chi connectivity index (χ4v) is 5.91. The van der Waals surface area contributed by atoms with Crippen LogP contribution in [0.1, 0.15) is 73.1 Å². The molecular formula is C25H29Cl2F3N4O4. The molecule has 1 saturated carbocycles. The quantitative estimate of drug-likeness (QED) is 0.434. The molecule has 1 aliphatic heterocycles. The standard InChI is InChI=1S/C25H29Cl2F3N4O4/c1-24(8-2-10-38-24)14-33(9-7-17-19(26)12-31-13-20(17)27)22(35)18-11-32-34(21(18)25(28,29)30)16-5-3-15(4-6-16)23(36)37/h11-13,15-16H,2-10,14H2,1H3,(H,36,37). The summed E-state index contributed by atoms with van der Waals surface area (Å²) in [6.07, 6.45) is 1.55. The molecule has 2 aromatic heterocycles. The maximum atomic E-state index is 14.4. The molecule has 208 valence electrons. The van der Waals surface area contributed by atoms with Gasteiger partial charge in [-0.3, -0.25) is 19.3 Å². The van der Waals surface area contributed by atoms with E-state index < -0.39 is 46.9 Å². The molecule has 2 aliphatic rings. The minimum absolute atomic E-state index is 0.0490. The Hall–Kier alpha value is -2.37. The van der Waals surface area contributed by atoms with Gasteiger partial charge in [-0.2, -0.15) is 18.3 Å². The van der Waals surface area contributed by atoms with Crippen LogP contribution in [-0.2, 0) is 22.1 Å². The van der Waals surface area contributed by atoms with E-state index in [0.717, 1.165) is 17.3 Å². The Kier molecular flexibility index (Phi) is 8.59. The maximum absolute atomic E-state index is 14.4. The second-order valence-electron chi connectivity index (χ2n) is 10.2. The van der Waals surface area contributed by atoms with Crippen molar-refractivity contribution in [1.82, 2.24) is 19.7 Å². The smallest absolute Gasteiger partial charge is 0.433 e. The number of ether oxygens (including phenoxy) is 1. The van der Waals surface area contributed by atoms with Crippen molar-refractivity contribution in [3.63, 3.8) is 0 Å². The maximum Gasteiger partial charge on any atom is 0.433 e. The summed E-state index contributed by atoms with van der Waals surface area (Å²) in [5.41, 5.74) is -1.83. The summed E-state index contributed by atoms with van der Waals surface area (Å²) in [7, 11) is 0. The molecule has 1 unspecified atom stereocenters. The molecule has 13 heteroatoms. The largest absolute Gasteiger partial charge is 0.481 e. The number of rotatable bonds is 8. The topological polar surface area (TPSA) is 97.6 Å². The molecule has 2 fully saturated rings. The van der Waals surface area contributed by atoms with Crippen molar-refractivity contribution in [2.75, 3.05) is 19.7 Å². The van der Waals surface area contributed by atoms with Crippen LogP contribution < -0.4 is 0 Å². The number of carbonyl (C=O) groups excluding carboxylic acids is 1. The minimum Gasteiger partial charge on any atom is -0.481 e. The van der Waals surface area contributed by atoms with E-state index >= 15 is 0 Å². The number of hydrogen-bond donors (Lipinski definition) is 1. The molecule has 1 N–H and O–H groups in total. The number of hydrogen-bond acceptors (Lipinski definition) is 5. The van der Waals surface area contributed by atoms with Gasteiger partial charge in [-0.1, -0.05) is 23.2 Å². The second kappa shape index (κ2) is 11.4. The number of halogens is 5. The molecule has 1 aliphatic carbocycles. The molecule has 3 heterocycles. The Labute approximate surface area is 228 Å². The average molecular weight is 577 g/mol. The van der Waals surface area contributed by atoms with E-state index in [1.807, 2.05) is 6.92 Å². The first-order valence-corrected chi connectivity index (χ1v) is 13.2. The van der Waals surface area contributed by atoms with Crippen LogP contribution in [0.4, 0.5) is 13.2 Å². The fourth-order valence-electron chi connectivity index (χ4n) is 5.36. The lowest BCUT2D eigenvalue weighted by Gasteiger charge is -2.32. The zero-order valence-electron chi connectivity index (χ0n) is 20.8. The van der Waals surface area contributed by atoms with Gasteiger partial charge in [0.05, 0.1) is 39.4 Å². The van der Waals surface area contributed by atoms with E-state index in [-0.39, 0.29) is 45.2 Å². The Bertz CT molecular complexity index is 1160. The van der Waals surface area contributed by atoms with Crippen molar-refractivity contribution in [2.45, 2.75) is 69.7 Å². The monoisotopic (exact) mass is 576 g/mol. The number of amides is 1. The predicted octanol–water partition coefficient (Wildman–Crippen LogP) is 5.67. The predicted molar refractivity (Wildman–Crippen MR) is 133 cm³/mol.